The molecule has 0 spiro atoms. The first-order valence-electron chi connectivity index (χ1n) is 8.72. The van der Waals surface area contributed by atoms with Gasteiger partial charge in [0.25, 0.3) is 0 Å². The Labute approximate surface area is 142 Å². The van der Waals surface area contributed by atoms with Gasteiger partial charge in [0.05, 0.1) is 6.54 Å². The van der Waals surface area contributed by atoms with Gasteiger partial charge in [-0.3, -0.25) is 0 Å². The Balaban J connectivity index is 0. The van der Waals surface area contributed by atoms with Crippen molar-refractivity contribution in [2.75, 3.05) is 33.0 Å². The molecule has 0 bridgehead atoms. The Morgan fingerprint density at radius 3 is 1.87 bits per heavy atom. The molecule has 1 N–H and O–H groups in total. The van der Waals surface area contributed by atoms with Crippen LogP contribution in [0.3, 0.4) is 0 Å². The van der Waals surface area contributed by atoms with Crippen molar-refractivity contribution in [2.24, 2.45) is 4.99 Å². The van der Waals surface area contributed by atoms with Gasteiger partial charge < -0.3 is 18.4 Å². The van der Waals surface area contributed by atoms with E-state index in [-0.39, 0.29) is 0 Å². The van der Waals surface area contributed by atoms with Crippen LogP contribution in [0.2, 0.25) is 6.04 Å². The number of hydrogen-bond acceptors (Lipinski definition) is 6. The van der Waals surface area contributed by atoms with Crippen molar-refractivity contribution in [3.8, 4) is 0 Å². The van der Waals surface area contributed by atoms with E-state index in [1.807, 2.05) is 20.8 Å². The quantitative estimate of drug-likeness (QED) is 0.225. The smallest absolute Gasteiger partial charge is 0.396 e. The first-order valence-corrected chi connectivity index (χ1v) is 10.7. The molecule has 0 aromatic carbocycles. The average molecular weight is 350 g/mol. The van der Waals surface area contributed by atoms with Gasteiger partial charge in [-0.15, -0.1) is 0 Å². The minimum atomic E-state index is -2.54. The Hall–Kier alpha value is -0.563. The van der Waals surface area contributed by atoms with Gasteiger partial charge in [-0.25, -0.2) is 9.79 Å². The van der Waals surface area contributed by atoms with Gasteiger partial charge in [0.1, 0.15) is 0 Å². The average Bonchev–Trinajstić information content (AvgIpc) is 2.54. The largest absolute Gasteiger partial charge is 0.500 e. The highest BCUT2D eigenvalue weighted by Gasteiger charge is 2.39. The van der Waals surface area contributed by atoms with Crippen molar-refractivity contribution in [1.29, 1.82) is 0 Å². The van der Waals surface area contributed by atoms with Crippen LogP contribution in [0.1, 0.15) is 59.8 Å². The maximum absolute atomic E-state index is 9.93. The van der Waals surface area contributed by atoms with Crippen LogP contribution < -0.4 is 0 Å². The summed E-state index contributed by atoms with van der Waals surface area (Å²) < 4.78 is 16.9. The van der Waals surface area contributed by atoms with Crippen LogP contribution in [0.15, 0.2) is 4.99 Å². The maximum atomic E-state index is 9.93. The minimum absolute atomic E-state index is 0.361. The summed E-state index contributed by atoms with van der Waals surface area (Å²) in [5.74, 6) is 0. The second-order valence-corrected chi connectivity index (χ2v) is 7.57. The van der Waals surface area contributed by atoms with Gasteiger partial charge in [-0.05, 0) is 33.6 Å². The lowest BCUT2D eigenvalue weighted by Gasteiger charge is -2.28. The van der Waals surface area contributed by atoms with E-state index in [1.54, 1.807) is 0 Å². The van der Waals surface area contributed by atoms with Crippen LogP contribution in [0.25, 0.3) is 0 Å². The standard InChI is InChI=1S/C10H21NO4Si.C6H14O/c1-4-13-16(14-5-2,15-6-3)9-7-8-11-10-12;1-2-3-4-5-6-7/h4-9H2,1-3H3;7H,2-6H2,1H3. The van der Waals surface area contributed by atoms with Gasteiger partial charge >= 0.3 is 8.80 Å². The molecule has 0 saturated heterocycles. The fourth-order valence-corrected chi connectivity index (χ4v) is 4.55. The molecular formula is C16H35NO5Si. The first-order chi connectivity index (χ1) is 11.2. The molecule has 0 heterocycles. The molecular weight excluding hydrogens is 314 g/mol. The van der Waals surface area contributed by atoms with E-state index in [9.17, 15) is 4.79 Å². The second kappa shape index (κ2) is 19.5. The highest BCUT2D eigenvalue weighted by molar-refractivity contribution is 6.60. The van der Waals surface area contributed by atoms with E-state index in [1.165, 1.54) is 25.3 Å². The normalized spacial score (nSPS) is 10.7. The fraction of sp³-hybridized carbons (Fsp3) is 0.938. The van der Waals surface area contributed by atoms with E-state index in [0.717, 1.165) is 12.8 Å². The van der Waals surface area contributed by atoms with E-state index < -0.39 is 8.80 Å². The lowest BCUT2D eigenvalue weighted by molar-refractivity contribution is 0.0710. The van der Waals surface area contributed by atoms with Crippen LogP contribution in [0.4, 0.5) is 0 Å². The molecule has 0 amide bonds. The van der Waals surface area contributed by atoms with Gasteiger partial charge in [0.2, 0.25) is 6.08 Å². The Morgan fingerprint density at radius 1 is 0.913 bits per heavy atom. The Morgan fingerprint density at radius 2 is 1.48 bits per heavy atom. The topological polar surface area (TPSA) is 77.4 Å². The number of hydrogen-bond donors (Lipinski definition) is 1. The van der Waals surface area contributed by atoms with Gasteiger partial charge in [0, 0.05) is 32.5 Å². The molecule has 0 aliphatic carbocycles. The molecule has 0 aromatic rings. The van der Waals surface area contributed by atoms with Crippen molar-refractivity contribution in [2.45, 2.75) is 65.8 Å². The van der Waals surface area contributed by atoms with Crippen molar-refractivity contribution < 1.29 is 23.2 Å². The summed E-state index contributed by atoms with van der Waals surface area (Å²) in [6.07, 6.45) is 6.92. The van der Waals surface area contributed by atoms with Crippen molar-refractivity contribution in [3.05, 3.63) is 0 Å². The number of rotatable bonds is 14. The van der Waals surface area contributed by atoms with Crippen molar-refractivity contribution in [3.63, 3.8) is 0 Å². The molecule has 0 rings (SSSR count). The molecule has 7 heteroatoms. The lowest BCUT2D eigenvalue weighted by Crippen LogP contribution is -2.46. The highest BCUT2D eigenvalue weighted by atomic mass is 28.4. The predicted octanol–water partition coefficient (Wildman–Crippen LogP) is 3.32. The molecule has 0 unspecified atom stereocenters. The molecule has 6 nitrogen and oxygen atoms in total. The molecule has 23 heavy (non-hydrogen) atoms. The Kier molecular flexibility index (Phi) is 20.9. The molecule has 0 saturated carbocycles. The van der Waals surface area contributed by atoms with E-state index >= 15 is 0 Å². The number of aliphatic hydroxyl groups excluding tert-OH is 1. The SMILES string of the molecule is CCCCCCO.CCO[Si](CCCN=C=O)(OCC)OCC. The third-order valence-electron chi connectivity index (χ3n) is 2.92. The zero-order valence-electron chi connectivity index (χ0n) is 15.3. The number of nitrogens with zero attached hydrogens (tertiary/aromatic N) is 1. The maximum Gasteiger partial charge on any atom is 0.500 e. The summed E-state index contributed by atoms with van der Waals surface area (Å²) in [5, 5.41) is 8.29. The second-order valence-electron chi connectivity index (χ2n) is 4.84. The molecule has 0 aromatic heterocycles. The van der Waals surface area contributed by atoms with Gasteiger partial charge in [-0.1, -0.05) is 26.2 Å². The summed E-state index contributed by atoms with van der Waals surface area (Å²) >= 11 is 0. The third kappa shape index (κ3) is 16.1. The number of aliphatic imine (C=N–C) groups is 1. The van der Waals surface area contributed by atoms with Gasteiger partial charge in [0.15, 0.2) is 0 Å². The highest BCUT2D eigenvalue weighted by Crippen LogP contribution is 2.18. The monoisotopic (exact) mass is 349 g/mol. The van der Waals surface area contributed by atoms with Crippen LogP contribution >= 0.6 is 0 Å². The number of carbonyl (C=O) groups excluding carboxylic acids is 1. The van der Waals surface area contributed by atoms with Crippen molar-refractivity contribution in [1.82, 2.24) is 0 Å². The van der Waals surface area contributed by atoms with E-state index in [0.29, 0.717) is 39.0 Å². The predicted molar refractivity (Wildman–Crippen MR) is 94.3 cm³/mol. The third-order valence-corrected chi connectivity index (χ3v) is 6.07. The summed E-state index contributed by atoms with van der Waals surface area (Å²) in [6.45, 7) is 10.5. The number of isocyanates is 1. The van der Waals surface area contributed by atoms with Crippen LogP contribution in [-0.4, -0.2) is 53.0 Å². The van der Waals surface area contributed by atoms with Crippen LogP contribution in [0.5, 0.6) is 0 Å². The van der Waals surface area contributed by atoms with Crippen molar-refractivity contribution >= 4 is 14.9 Å². The van der Waals surface area contributed by atoms with Crippen LogP contribution in [-0.2, 0) is 18.1 Å². The van der Waals surface area contributed by atoms with Crippen LogP contribution in [0, 0.1) is 0 Å². The molecule has 138 valence electrons. The fourth-order valence-electron chi connectivity index (χ4n) is 1.96. The van der Waals surface area contributed by atoms with Gasteiger partial charge in [-0.2, -0.15) is 0 Å². The molecule has 0 fully saturated rings. The minimum Gasteiger partial charge on any atom is -0.396 e. The number of aliphatic hydroxyl groups is 1. The zero-order valence-corrected chi connectivity index (χ0v) is 16.3. The summed E-state index contributed by atoms with van der Waals surface area (Å²) in [7, 11) is -2.54. The molecule has 0 aliphatic rings. The summed E-state index contributed by atoms with van der Waals surface area (Å²) in [6, 6.07) is 0.688. The summed E-state index contributed by atoms with van der Waals surface area (Å²) in [5.41, 5.74) is 0. The zero-order chi connectivity index (χ0) is 17.8. The molecule has 0 radical (unpaired) electrons. The molecule has 0 atom stereocenters. The van der Waals surface area contributed by atoms with E-state index in [4.69, 9.17) is 18.4 Å². The molecule has 0 aliphatic heterocycles. The summed E-state index contributed by atoms with van der Waals surface area (Å²) in [4.78, 5) is 13.4. The van der Waals surface area contributed by atoms with E-state index in [2.05, 4.69) is 11.9 Å². The lowest BCUT2D eigenvalue weighted by atomic mass is 10.2. The first kappa shape index (κ1) is 24.7. The number of unbranched alkanes of at least 4 members (excludes halogenated alkanes) is 3. The Bertz CT molecular complexity index is 265.